The molecule has 2 aromatic carbocycles. The number of H-pyrrole nitrogens is 1. The van der Waals surface area contributed by atoms with Gasteiger partial charge in [0.1, 0.15) is 6.54 Å². The molecule has 0 bridgehead atoms. The molecule has 2 unspecified atom stereocenters. The Hall–Kier alpha value is -4.13. The van der Waals surface area contributed by atoms with Gasteiger partial charge in [0.2, 0.25) is 5.91 Å². The summed E-state index contributed by atoms with van der Waals surface area (Å²) >= 11 is 0. The van der Waals surface area contributed by atoms with Crippen molar-refractivity contribution >= 4 is 17.5 Å². The molecule has 1 aliphatic heterocycles. The summed E-state index contributed by atoms with van der Waals surface area (Å²) < 4.78 is 40.2. The van der Waals surface area contributed by atoms with Gasteiger partial charge in [0, 0.05) is 23.0 Å². The first-order valence-electron chi connectivity index (χ1n) is 9.55. The zero-order valence-corrected chi connectivity index (χ0v) is 16.4. The van der Waals surface area contributed by atoms with E-state index in [2.05, 4.69) is 15.5 Å². The molecule has 2 amide bonds. The quantitative estimate of drug-likeness (QED) is 0.646. The predicted octanol–water partition coefficient (Wildman–Crippen LogP) is 3.76. The normalized spacial score (nSPS) is 18.1. The van der Waals surface area contributed by atoms with Gasteiger partial charge in [0.15, 0.2) is 0 Å². The largest absolute Gasteiger partial charge is 0.406 e. The van der Waals surface area contributed by atoms with E-state index in [0.717, 1.165) is 0 Å². The summed E-state index contributed by atoms with van der Waals surface area (Å²) in [6, 6.07) is 13.0. The van der Waals surface area contributed by atoms with Crippen LogP contribution >= 0.6 is 0 Å². The first-order valence-corrected chi connectivity index (χ1v) is 9.55. The summed E-state index contributed by atoms with van der Waals surface area (Å²) in [5.41, 5.74) is 1.24. The number of hydrogen-bond acceptors (Lipinski definition) is 4. The minimum absolute atomic E-state index is 0.0300. The number of benzene rings is 2. The maximum absolute atomic E-state index is 13.4. The smallest absolute Gasteiger partial charge is 0.325 e. The van der Waals surface area contributed by atoms with Crippen LogP contribution in [0.3, 0.4) is 0 Å². The van der Waals surface area contributed by atoms with Gasteiger partial charge in [0.05, 0.1) is 29.8 Å². The number of aromatic amines is 1. The van der Waals surface area contributed by atoms with Gasteiger partial charge in [-0.25, -0.2) is 0 Å². The van der Waals surface area contributed by atoms with Crippen LogP contribution in [0.25, 0.3) is 0 Å². The minimum atomic E-state index is -4.67. The van der Waals surface area contributed by atoms with Crippen molar-refractivity contribution in [3.8, 4) is 6.07 Å². The third-order valence-corrected chi connectivity index (χ3v) is 5.19. The number of fused-ring (bicyclic) bond motifs is 1. The molecule has 162 valence electrons. The average Bonchev–Trinajstić information content (AvgIpc) is 3.29. The highest BCUT2D eigenvalue weighted by atomic mass is 19.4. The third kappa shape index (κ3) is 4.05. The standard InChI is InChI=1S/C22H16F3N5O2/c23-22(24,25)12-30-19(14-10-27-28-11-14)18(16-6-1-2-7-17(16)21(30)32)20(31)29-15-5-3-4-13(8-15)9-26/h1-8,10-11,18-19H,12H2,(H,27,28)(H,29,31). The second-order valence-corrected chi connectivity index (χ2v) is 7.27. The van der Waals surface area contributed by atoms with Crippen LogP contribution in [-0.2, 0) is 4.79 Å². The highest BCUT2D eigenvalue weighted by Gasteiger charge is 2.48. The van der Waals surface area contributed by atoms with Crippen LogP contribution in [0.1, 0.15) is 39.0 Å². The van der Waals surface area contributed by atoms with Crippen molar-refractivity contribution in [2.75, 3.05) is 11.9 Å². The van der Waals surface area contributed by atoms with Crippen molar-refractivity contribution in [3.05, 3.63) is 83.2 Å². The van der Waals surface area contributed by atoms with Crippen molar-refractivity contribution < 1.29 is 22.8 Å². The first kappa shape index (κ1) is 21.1. The van der Waals surface area contributed by atoms with E-state index in [0.29, 0.717) is 21.7 Å². The number of aromatic nitrogens is 2. The Kier molecular flexibility index (Phi) is 5.40. The maximum atomic E-state index is 13.4. The number of halogens is 3. The van der Waals surface area contributed by atoms with E-state index < -0.39 is 36.5 Å². The molecule has 0 spiro atoms. The van der Waals surface area contributed by atoms with Crippen LogP contribution in [0.2, 0.25) is 0 Å². The molecule has 10 heteroatoms. The van der Waals surface area contributed by atoms with Gasteiger partial charge in [0.25, 0.3) is 5.91 Å². The lowest BCUT2D eigenvalue weighted by Crippen LogP contribution is -2.49. The molecule has 2 N–H and O–H groups in total. The highest BCUT2D eigenvalue weighted by Crippen LogP contribution is 2.44. The van der Waals surface area contributed by atoms with Gasteiger partial charge >= 0.3 is 6.18 Å². The van der Waals surface area contributed by atoms with Gasteiger partial charge in [-0.05, 0) is 29.8 Å². The summed E-state index contributed by atoms with van der Waals surface area (Å²) in [4.78, 5) is 27.1. The molecule has 2 heterocycles. The lowest BCUT2D eigenvalue weighted by Gasteiger charge is -2.41. The number of rotatable bonds is 4. The van der Waals surface area contributed by atoms with Gasteiger partial charge in [-0.3, -0.25) is 14.7 Å². The molecule has 32 heavy (non-hydrogen) atoms. The van der Waals surface area contributed by atoms with E-state index in [4.69, 9.17) is 5.26 Å². The van der Waals surface area contributed by atoms with Gasteiger partial charge in [-0.15, -0.1) is 0 Å². The molecule has 1 aromatic heterocycles. The first-order chi connectivity index (χ1) is 15.3. The zero-order valence-electron chi connectivity index (χ0n) is 16.4. The number of nitriles is 1. The maximum Gasteiger partial charge on any atom is 0.406 e. The molecule has 0 saturated heterocycles. The molecule has 7 nitrogen and oxygen atoms in total. The lowest BCUT2D eigenvalue weighted by molar-refractivity contribution is -0.148. The highest BCUT2D eigenvalue weighted by molar-refractivity contribution is 6.04. The number of carbonyl (C=O) groups is 2. The molecular formula is C22H16F3N5O2. The summed E-state index contributed by atoms with van der Waals surface area (Å²) in [6.07, 6.45) is -2.01. The van der Waals surface area contributed by atoms with Crippen molar-refractivity contribution in [3.63, 3.8) is 0 Å². The number of nitrogens with zero attached hydrogens (tertiary/aromatic N) is 3. The van der Waals surface area contributed by atoms with E-state index >= 15 is 0 Å². The fourth-order valence-corrected chi connectivity index (χ4v) is 3.92. The molecule has 0 aliphatic carbocycles. The van der Waals surface area contributed by atoms with Gasteiger partial charge in [-0.2, -0.15) is 23.5 Å². The molecular weight excluding hydrogens is 423 g/mol. The topological polar surface area (TPSA) is 102 Å². The van der Waals surface area contributed by atoms with Gasteiger partial charge in [-0.1, -0.05) is 24.3 Å². The average molecular weight is 439 g/mol. The van der Waals surface area contributed by atoms with Crippen LogP contribution in [0.4, 0.5) is 18.9 Å². The van der Waals surface area contributed by atoms with Gasteiger partial charge < -0.3 is 10.2 Å². The number of alkyl halides is 3. The van der Waals surface area contributed by atoms with Crippen molar-refractivity contribution in [1.82, 2.24) is 15.1 Å². The van der Waals surface area contributed by atoms with E-state index in [1.165, 1.54) is 30.6 Å². The molecule has 0 saturated carbocycles. The Labute approximate surface area is 180 Å². The van der Waals surface area contributed by atoms with Crippen LogP contribution in [0.15, 0.2) is 60.9 Å². The third-order valence-electron chi connectivity index (χ3n) is 5.19. The Balaban J connectivity index is 1.82. The monoisotopic (exact) mass is 439 g/mol. The van der Waals surface area contributed by atoms with E-state index in [9.17, 15) is 22.8 Å². The number of nitrogens with one attached hydrogen (secondary N) is 2. The SMILES string of the molecule is N#Cc1cccc(NC(=O)C2c3ccccc3C(=O)N(CC(F)(F)F)C2c2cn[nH]c2)c1. The van der Waals surface area contributed by atoms with Crippen molar-refractivity contribution in [1.29, 1.82) is 5.26 Å². The molecule has 4 rings (SSSR count). The summed E-state index contributed by atoms with van der Waals surface area (Å²) in [6.45, 7) is -1.52. The molecule has 1 aliphatic rings. The number of anilines is 1. The lowest BCUT2D eigenvalue weighted by atomic mass is 9.79. The molecule has 3 aromatic rings. The van der Waals surface area contributed by atoms with E-state index in [1.807, 2.05) is 6.07 Å². The minimum Gasteiger partial charge on any atom is -0.325 e. The number of hydrogen-bond donors (Lipinski definition) is 2. The van der Waals surface area contributed by atoms with Crippen molar-refractivity contribution in [2.24, 2.45) is 0 Å². The Bertz CT molecular complexity index is 1200. The summed E-state index contributed by atoms with van der Waals surface area (Å²) in [5, 5.41) is 18.1. The molecule has 0 fully saturated rings. The van der Waals surface area contributed by atoms with E-state index in [1.54, 1.807) is 30.3 Å². The summed E-state index contributed by atoms with van der Waals surface area (Å²) in [5.74, 6) is -2.58. The fraction of sp³-hybridized carbons (Fsp3) is 0.182. The zero-order chi connectivity index (χ0) is 22.9. The Morgan fingerprint density at radius 3 is 2.69 bits per heavy atom. The molecule has 2 atom stereocenters. The van der Waals surface area contributed by atoms with Crippen molar-refractivity contribution in [2.45, 2.75) is 18.1 Å². The Morgan fingerprint density at radius 2 is 2.00 bits per heavy atom. The second-order valence-electron chi connectivity index (χ2n) is 7.27. The Morgan fingerprint density at radius 1 is 1.22 bits per heavy atom. The van der Waals surface area contributed by atoms with Crippen LogP contribution in [-0.4, -0.2) is 39.6 Å². The second kappa shape index (κ2) is 8.19. The van der Waals surface area contributed by atoms with E-state index in [-0.39, 0.29) is 11.1 Å². The predicted molar refractivity (Wildman–Crippen MR) is 107 cm³/mol. The van der Waals surface area contributed by atoms with Crippen LogP contribution in [0, 0.1) is 11.3 Å². The number of amides is 2. The molecule has 0 radical (unpaired) electrons. The van der Waals surface area contributed by atoms with Crippen LogP contribution in [0.5, 0.6) is 0 Å². The number of carbonyl (C=O) groups excluding carboxylic acids is 2. The van der Waals surface area contributed by atoms with Crippen LogP contribution < -0.4 is 5.32 Å². The summed E-state index contributed by atoms with van der Waals surface area (Å²) in [7, 11) is 0. The fourth-order valence-electron chi connectivity index (χ4n) is 3.92.